The minimum absolute atomic E-state index is 0.198. The molecule has 1 atom stereocenters. The van der Waals surface area contributed by atoms with Crippen LogP contribution in [-0.4, -0.2) is 64.7 Å². The van der Waals surface area contributed by atoms with Gasteiger partial charge in [0, 0.05) is 61.7 Å². The van der Waals surface area contributed by atoms with E-state index < -0.39 is 23.8 Å². The Morgan fingerprint density at radius 2 is 1.70 bits per heavy atom. The van der Waals surface area contributed by atoms with E-state index >= 15 is 0 Å². The predicted molar refractivity (Wildman–Crippen MR) is 155 cm³/mol. The van der Waals surface area contributed by atoms with Crippen molar-refractivity contribution in [2.75, 3.05) is 31.1 Å². The van der Waals surface area contributed by atoms with Gasteiger partial charge in [0.05, 0.1) is 6.54 Å². The van der Waals surface area contributed by atoms with E-state index in [1.54, 1.807) is 25.1 Å². The molecule has 1 unspecified atom stereocenters. The number of rotatable bonds is 7. The van der Waals surface area contributed by atoms with Crippen LogP contribution in [0.2, 0.25) is 0 Å². The van der Waals surface area contributed by atoms with E-state index in [4.69, 9.17) is 4.74 Å². The molecule has 1 N–H and O–H groups in total. The topological polar surface area (TPSA) is 95.1 Å². The summed E-state index contributed by atoms with van der Waals surface area (Å²) in [7, 11) is 0. The van der Waals surface area contributed by atoms with Crippen LogP contribution in [-0.2, 0) is 35.5 Å². The number of pyridine rings is 1. The second-order valence-electron chi connectivity index (χ2n) is 11.4. The van der Waals surface area contributed by atoms with Crippen molar-refractivity contribution in [2.24, 2.45) is 0 Å². The number of hydrogen-bond donors (Lipinski definition) is 1. The van der Waals surface area contributed by atoms with Gasteiger partial charge in [-0.2, -0.15) is 13.2 Å². The molecule has 230 valence electrons. The minimum atomic E-state index is -4.47. The van der Waals surface area contributed by atoms with E-state index in [1.165, 1.54) is 4.90 Å². The molecule has 0 spiro atoms. The lowest BCUT2D eigenvalue weighted by Gasteiger charge is -2.36. The fourth-order valence-corrected chi connectivity index (χ4v) is 5.99. The third kappa shape index (κ3) is 6.26. The Labute approximate surface area is 252 Å². The first kappa shape index (κ1) is 29.6. The van der Waals surface area contributed by atoms with Crippen molar-refractivity contribution in [3.05, 3.63) is 88.2 Å². The van der Waals surface area contributed by atoms with E-state index in [1.807, 2.05) is 35.2 Å². The van der Waals surface area contributed by atoms with Crippen molar-refractivity contribution < 1.29 is 32.3 Å². The van der Waals surface area contributed by atoms with E-state index in [9.17, 15) is 27.6 Å². The zero-order valence-corrected chi connectivity index (χ0v) is 24.2. The van der Waals surface area contributed by atoms with Gasteiger partial charge in [-0.15, -0.1) is 0 Å². The summed E-state index contributed by atoms with van der Waals surface area (Å²) in [6.07, 6.45) is -3.97. The Kier molecular flexibility index (Phi) is 8.02. The third-order valence-electron chi connectivity index (χ3n) is 8.33. The van der Waals surface area contributed by atoms with Crippen LogP contribution >= 0.6 is 0 Å². The number of carbonyl (C=O) groups is 3. The normalized spacial score (nSPS) is 19.3. The summed E-state index contributed by atoms with van der Waals surface area (Å²) < 4.78 is 45.8. The van der Waals surface area contributed by atoms with Gasteiger partial charge in [-0.1, -0.05) is 30.3 Å². The first-order chi connectivity index (χ1) is 21.0. The summed E-state index contributed by atoms with van der Waals surface area (Å²) >= 11 is 0. The van der Waals surface area contributed by atoms with Gasteiger partial charge < -0.3 is 14.5 Å². The molecular weight excluding hydrogens is 575 g/mol. The summed E-state index contributed by atoms with van der Waals surface area (Å²) in [5.74, 6) is -0.434. The minimum Gasteiger partial charge on any atom is -0.489 e. The number of fused-ring (bicyclic) bond motifs is 1. The quantitative estimate of drug-likeness (QED) is 0.405. The molecule has 1 aromatic heterocycles. The van der Waals surface area contributed by atoms with Crippen LogP contribution in [0.15, 0.2) is 54.6 Å². The highest BCUT2D eigenvalue weighted by Crippen LogP contribution is 2.34. The lowest BCUT2D eigenvalue weighted by atomic mass is 10.0. The lowest BCUT2D eigenvalue weighted by Crippen LogP contribution is -2.52. The van der Waals surface area contributed by atoms with Crippen molar-refractivity contribution in [3.63, 3.8) is 0 Å². The van der Waals surface area contributed by atoms with Crippen LogP contribution in [0, 0.1) is 6.92 Å². The Morgan fingerprint density at radius 3 is 2.41 bits per heavy atom. The molecule has 4 heterocycles. The number of nitrogens with one attached hydrogen (secondary N) is 1. The molecule has 2 aromatic carbocycles. The number of anilines is 1. The number of ether oxygens (including phenoxy) is 1. The highest BCUT2D eigenvalue weighted by molar-refractivity contribution is 6.05. The van der Waals surface area contributed by atoms with E-state index in [0.29, 0.717) is 48.8 Å². The Balaban J connectivity index is 1.02. The van der Waals surface area contributed by atoms with Gasteiger partial charge in [-0.25, -0.2) is 4.98 Å². The SMILES string of the molecule is Cc1cc(N2CCN(Cc3ccc(COc4cccc5c4CN(C4CCC(=O)NC4=O)C5=O)cc3)CC2)cc(C(F)(F)F)n1. The second-order valence-corrected chi connectivity index (χ2v) is 11.4. The Hall–Kier alpha value is -4.45. The highest BCUT2D eigenvalue weighted by atomic mass is 19.4. The molecule has 12 heteroatoms. The second kappa shape index (κ2) is 11.9. The number of nitrogens with zero attached hydrogens (tertiary/aromatic N) is 4. The maximum absolute atomic E-state index is 13.2. The predicted octanol–water partition coefficient (Wildman–Crippen LogP) is 4.07. The molecule has 3 aliphatic heterocycles. The van der Waals surface area contributed by atoms with Gasteiger partial charge in [0.15, 0.2) is 0 Å². The molecule has 0 saturated carbocycles. The van der Waals surface area contributed by atoms with Crippen LogP contribution < -0.4 is 15.0 Å². The van der Waals surface area contributed by atoms with Gasteiger partial charge in [-0.05, 0) is 48.7 Å². The number of benzene rings is 2. The number of piperidine rings is 1. The smallest absolute Gasteiger partial charge is 0.433 e. The van der Waals surface area contributed by atoms with Crippen LogP contribution in [0.1, 0.15) is 51.3 Å². The van der Waals surface area contributed by atoms with Crippen molar-refractivity contribution >= 4 is 23.4 Å². The van der Waals surface area contributed by atoms with Gasteiger partial charge in [0.1, 0.15) is 24.1 Å². The molecule has 44 heavy (non-hydrogen) atoms. The van der Waals surface area contributed by atoms with E-state index in [-0.39, 0.29) is 24.8 Å². The third-order valence-corrected chi connectivity index (χ3v) is 8.33. The number of aromatic nitrogens is 1. The Morgan fingerprint density at radius 1 is 0.977 bits per heavy atom. The van der Waals surface area contributed by atoms with Gasteiger partial charge in [0.25, 0.3) is 5.91 Å². The number of amides is 3. The van der Waals surface area contributed by atoms with Crippen LogP contribution in [0.25, 0.3) is 0 Å². The monoisotopic (exact) mass is 607 g/mol. The number of alkyl halides is 3. The molecule has 0 aliphatic carbocycles. The number of carbonyl (C=O) groups excluding carboxylic acids is 3. The standard InChI is InChI=1S/C32H32F3N5O4/c1-20-15-23(16-28(36-20)32(33,34)35)39-13-11-38(12-14-39)17-21-5-7-22(8-6-21)19-44-27-4-2-3-24-25(27)18-40(31(24)43)26-9-10-29(41)37-30(26)42/h2-8,15-16,26H,9-14,17-19H2,1H3,(H,37,41,42). The molecule has 3 aliphatic rings. The lowest BCUT2D eigenvalue weighted by molar-refractivity contribution is -0.141. The molecule has 3 amide bonds. The van der Waals surface area contributed by atoms with Gasteiger partial charge in [0.2, 0.25) is 11.8 Å². The first-order valence-corrected chi connectivity index (χ1v) is 14.6. The van der Waals surface area contributed by atoms with E-state index in [2.05, 4.69) is 15.2 Å². The molecule has 3 aromatic rings. The maximum atomic E-state index is 13.2. The molecular formula is C32H32F3N5O4. The number of halogens is 3. The molecule has 2 fully saturated rings. The highest BCUT2D eigenvalue weighted by Gasteiger charge is 2.40. The summed E-state index contributed by atoms with van der Waals surface area (Å²) in [6.45, 7) is 5.54. The zero-order chi connectivity index (χ0) is 31.0. The summed E-state index contributed by atoms with van der Waals surface area (Å²) in [5.41, 5.74) is 3.34. The fraction of sp³-hybridized carbons (Fsp3) is 0.375. The number of aryl methyl sites for hydroxylation is 1. The maximum Gasteiger partial charge on any atom is 0.433 e. The van der Waals surface area contributed by atoms with E-state index in [0.717, 1.165) is 42.4 Å². The number of imide groups is 1. The van der Waals surface area contributed by atoms with Crippen molar-refractivity contribution in [1.82, 2.24) is 20.1 Å². The summed E-state index contributed by atoms with van der Waals surface area (Å²) in [6, 6.07) is 15.5. The average Bonchev–Trinajstić information content (AvgIpc) is 3.33. The summed E-state index contributed by atoms with van der Waals surface area (Å²) in [4.78, 5) is 46.4. The van der Waals surface area contributed by atoms with Crippen LogP contribution in [0.4, 0.5) is 18.9 Å². The zero-order valence-electron chi connectivity index (χ0n) is 24.2. The Bertz CT molecular complexity index is 1590. The van der Waals surface area contributed by atoms with Crippen molar-refractivity contribution in [1.29, 1.82) is 0 Å². The fourth-order valence-electron chi connectivity index (χ4n) is 5.99. The molecule has 9 nitrogen and oxygen atoms in total. The van der Waals surface area contributed by atoms with Crippen molar-refractivity contribution in [2.45, 2.75) is 51.7 Å². The average molecular weight is 608 g/mol. The number of piperazine rings is 1. The van der Waals surface area contributed by atoms with Gasteiger partial charge >= 0.3 is 6.18 Å². The van der Waals surface area contributed by atoms with Crippen LogP contribution in [0.3, 0.4) is 0 Å². The first-order valence-electron chi connectivity index (χ1n) is 14.6. The largest absolute Gasteiger partial charge is 0.489 e. The number of hydrogen-bond acceptors (Lipinski definition) is 7. The molecule has 0 bridgehead atoms. The summed E-state index contributed by atoms with van der Waals surface area (Å²) in [5, 5.41) is 2.32. The van der Waals surface area contributed by atoms with Gasteiger partial charge in [-0.3, -0.25) is 24.6 Å². The molecule has 6 rings (SSSR count). The van der Waals surface area contributed by atoms with Crippen LogP contribution in [0.5, 0.6) is 5.75 Å². The molecule has 0 radical (unpaired) electrons. The van der Waals surface area contributed by atoms with Crippen molar-refractivity contribution in [3.8, 4) is 5.75 Å². The molecule has 2 saturated heterocycles.